The summed E-state index contributed by atoms with van der Waals surface area (Å²) < 4.78 is 15.2. The van der Waals surface area contributed by atoms with E-state index in [1.54, 1.807) is 4.57 Å². The fourth-order valence-corrected chi connectivity index (χ4v) is 6.24. The molecule has 3 aromatic rings. The molecule has 0 spiro atoms. The van der Waals surface area contributed by atoms with Crippen LogP contribution in [0.1, 0.15) is 62.6 Å². The van der Waals surface area contributed by atoms with E-state index in [4.69, 9.17) is 9.47 Å². The second kappa shape index (κ2) is 7.68. The van der Waals surface area contributed by atoms with E-state index in [0.29, 0.717) is 44.4 Å². The molecule has 1 aromatic carbocycles. The summed E-state index contributed by atoms with van der Waals surface area (Å²) in [5.74, 6) is 0. The molecule has 2 aliphatic rings. The number of aromatic nitrogens is 2. The number of ether oxygens (including phenoxy) is 2. The number of nitrogens with zero attached hydrogens (tertiary/aromatic N) is 2. The Morgan fingerprint density at radius 2 is 1.81 bits per heavy atom. The van der Waals surface area contributed by atoms with Crippen molar-refractivity contribution in [2.24, 2.45) is 0 Å². The van der Waals surface area contributed by atoms with Gasteiger partial charge in [-0.25, -0.2) is 4.79 Å². The predicted molar refractivity (Wildman–Crippen MR) is 127 cm³/mol. The van der Waals surface area contributed by atoms with Crippen molar-refractivity contribution >= 4 is 21.6 Å². The summed E-state index contributed by atoms with van der Waals surface area (Å²) in [6.07, 6.45) is 1.97. The zero-order valence-electron chi connectivity index (χ0n) is 19.1. The molecule has 0 bridgehead atoms. The van der Waals surface area contributed by atoms with Crippen LogP contribution in [-0.4, -0.2) is 26.9 Å². The van der Waals surface area contributed by atoms with Crippen molar-refractivity contribution < 1.29 is 9.47 Å². The highest BCUT2D eigenvalue weighted by molar-refractivity contribution is 7.18. The van der Waals surface area contributed by atoms with Gasteiger partial charge in [-0.05, 0) is 51.7 Å². The van der Waals surface area contributed by atoms with Crippen molar-refractivity contribution in [1.29, 1.82) is 0 Å². The lowest BCUT2D eigenvalue weighted by molar-refractivity contribution is -0.0702. The third-order valence-electron chi connectivity index (χ3n) is 6.60. The Labute approximate surface area is 191 Å². The Balaban J connectivity index is 1.77. The van der Waals surface area contributed by atoms with E-state index < -0.39 is 0 Å². The van der Waals surface area contributed by atoms with Crippen LogP contribution in [0.25, 0.3) is 10.2 Å². The number of rotatable bonds is 3. The summed E-state index contributed by atoms with van der Waals surface area (Å²) in [4.78, 5) is 29.5. The van der Waals surface area contributed by atoms with Crippen LogP contribution in [0, 0.1) is 0 Å². The minimum absolute atomic E-state index is 0.160. The zero-order valence-corrected chi connectivity index (χ0v) is 20.0. The number of thiophene rings is 1. The third-order valence-corrected chi connectivity index (χ3v) is 7.83. The minimum atomic E-state index is -0.363. The summed E-state index contributed by atoms with van der Waals surface area (Å²) in [5, 5.41) is 0.696. The first-order valence-electron chi connectivity index (χ1n) is 11.3. The Morgan fingerprint density at radius 1 is 1.06 bits per heavy atom. The second-order valence-corrected chi connectivity index (χ2v) is 11.3. The highest BCUT2D eigenvalue weighted by Gasteiger charge is 2.35. The molecule has 1 fully saturated rings. The van der Waals surface area contributed by atoms with Crippen molar-refractivity contribution in [3.63, 3.8) is 0 Å². The zero-order chi connectivity index (χ0) is 22.7. The predicted octanol–water partition coefficient (Wildman–Crippen LogP) is 4.25. The SMILES string of the molecule is CC1(C)Cc2c(sc3c2c(=O)n([C@@H]2CCOC(C)(C)C2)c(=O)n3Cc2ccccc2)CO1. The molecule has 5 rings (SSSR count). The molecule has 1 atom stereocenters. The van der Waals surface area contributed by atoms with Gasteiger partial charge in [0, 0.05) is 23.9 Å². The van der Waals surface area contributed by atoms with Crippen LogP contribution < -0.4 is 11.2 Å². The number of benzene rings is 1. The van der Waals surface area contributed by atoms with Crippen LogP contribution in [-0.2, 0) is 29.0 Å². The van der Waals surface area contributed by atoms with Crippen LogP contribution in [0.2, 0.25) is 0 Å². The van der Waals surface area contributed by atoms with E-state index in [1.807, 2.05) is 44.2 Å². The summed E-state index contributed by atoms with van der Waals surface area (Å²) in [7, 11) is 0. The van der Waals surface area contributed by atoms with Crippen LogP contribution in [0.15, 0.2) is 39.9 Å². The summed E-state index contributed by atoms with van der Waals surface area (Å²) in [5.41, 5.74) is 1.00. The highest BCUT2D eigenvalue weighted by atomic mass is 32.1. The Bertz CT molecular complexity index is 1280. The van der Waals surface area contributed by atoms with Gasteiger partial charge in [0.1, 0.15) is 4.83 Å². The lowest BCUT2D eigenvalue weighted by Crippen LogP contribution is -2.46. The molecule has 2 aliphatic heterocycles. The Hall–Kier alpha value is -2.22. The fraction of sp³-hybridized carbons (Fsp3) is 0.520. The van der Waals surface area contributed by atoms with E-state index in [9.17, 15) is 9.59 Å². The van der Waals surface area contributed by atoms with Gasteiger partial charge in [-0.1, -0.05) is 30.3 Å². The lowest BCUT2D eigenvalue weighted by Gasteiger charge is -2.36. The van der Waals surface area contributed by atoms with E-state index in [-0.39, 0.29) is 28.5 Å². The van der Waals surface area contributed by atoms with Gasteiger partial charge in [0.25, 0.3) is 5.56 Å². The normalized spacial score (nSPS) is 22.1. The molecular formula is C25H30N2O4S. The lowest BCUT2D eigenvalue weighted by atomic mass is 9.93. The number of hydrogen-bond donors (Lipinski definition) is 0. The van der Waals surface area contributed by atoms with Gasteiger partial charge in [0.05, 0.1) is 29.7 Å². The van der Waals surface area contributed by atoms with E-state index in [2.05, 4.69) is 13.8 Å². The van der Waals surface area contributed by atoms with Gasteiger partial charge in [0.15, 0.2) is 0 Å². The molecule has 6 nitrogen and oxygen atoms in total. The molecule has 0 N–H and O–H groups in total. The average molecular weight is 455 g/mol. The first-order valence-corrected chi connectivity index (χ1v) is 12.1. The van der Waals surface area contributed by atoms with E-state index in [0.717, 1.165) is 20.8 Å². The van der Waals surface area contributed by atoms with Crippen LogP contribution in [0.4, 0.5) is 0 Å². The van der Waals surface area contributed by atoms with Gasteiger partial charge in [-0.15, -0.1) is 11.3 Å². The Kier molecular flexibility index (Phi) is 5.19. The van der Waals surface area contributed by atoms with E-state index >= 15 is 0 Å². The summed E-state index contributed by atoms with van der Waals surface area (Å²) in [6.45, 7) is 9.62. The maximum absolute atomic E-state index is 13.9. The van der Waals surface area contributed by atoms with Crippen LogP contribution in [0.3, 0.4) is 0 Å². The number of fused-ring (bicyclic) bond motifs is 3. The largest absolute Gasteiger partial charge is 0.375 e. The topological polar surface area (TPSA) is 62.5 Å². The molecule has 0 unspecified atom stereocenters. The monoisotopic (exact) mass is 454 g/mol. The molecule has 0 saturated carbocycles. The molecular weight excluding hydrogens is 424 g/mol. The minimum Gasteiger partial charge on any atom is -0.375 e. The first-order chi connectivity index (χ1) is 15.2. The van der Waals surface area contributed by atoms with Crippen LogP contribution in [0.5, 0.6) is 0 Å². The molecule has 170 valence electrons. The standard InChI is InChI=1S/C25H30N2O4S/c1-24(2)12-17(10-11-30-24)27-21(28)20-18-13-25(3,4)31-15-19(18)32-22(20)26(23(27)29)14-16-8-6-5-7-9-16/h5-9,17H,10-15H2,1-4H3/t17-/m1/s1. The van der Waals surface area contributed by atoms with Gasteiger partial charge >= 0.3 is 5.69 Å². The van der Waals surface area contributed by atoms with Gasteiger partial charge < -0.3 is 9.47 Å². The molecule has 32 heavy (non-hydrogen) atoms. The molecule has 2 aromatic heterocycles. The van der Waals surface area contributed by atoms with Crippen molar-refractivity contribution in [3.05, 3.63) is 67.2 Å². The maximum Gasteiger partial charge on any atom is 0.332 e. The van der Waals surface area contributed by atoms with Crippen molar-refractivity contribution in [2.45, 2.75) is 77.4 Å². The first kappa shape index (κ1) is 21.6. The molecule has 0 aliphatic carbocycles. The molecule has 7 heteroatoms. The molecule has 0 amide bonds. The second-order valence-electron chi connectivity index (χ2n) is 10.2. The summed E-state index contributed by atoms with van der Waals surface area (Å²) in [6, 6.07) is 9.79. The van der Waals surface area contributed by atoms with Crippen molar-refractivity contribution in [3.8, 4) is 0 Å². The molecule has 4 heterocycles. The Morgan fingerprint density at radius 3 is 2.53 bits per heavy atom. The third kappa shape index (κ3) is 3.76. The van der Waals surface area contributed by atoms with Gasteiger partial charge in [0.2, 0.25) is 0 Å². The van der Waals surface area contributed by atoms with Gasteiger partial charge in [-0.2, -0.15) is 0 Å². The van der Waals surface area contributed by atoms with Crippen molar-refractivity contribution in [1.82, 2.24) is 9.13 Å². The van der Waals surface area contributed by atoms with Gasteiger partial charge in [-0.3, -0.25) is 13.9 Å². The fourth-order valence-electron chi connectivity index (χ4n) is 5.02. The summed E-state index contributed by atoms with van der Waals surface area (Å²) >= 11 is 1.53. The maximum atomic E-state index is 13.9. The molecule has 0 radical (unpaired) electrons. The molecule has 1 saturated heterocycles. The average Bonchev–Trinajstić information content (AvgIpc) is 3.09. The van der Waals surface area contributed by atoms with Crippen molar-refractivity contribution in [2.75, 3.05) is 6.61 Å². The van der Waals surface area contributed by atoms with E-state index in [1.165, 1.54) is 15.9 Å². The van der Waals surface area contributed by atoms with Crippen LogP contribution >= 0.6 is 11.3 Å². The quantitative estimate of drug-likeness (QED) is 0.593. The number of hydrogen-bond acceptors (Lipinski definition) is 5. The smallest absolute Gasteiger partial charge is 0.332 e. The highest BCUT2D eigenvalue weighted by Crippen LogP contribution is 2.38.